The van der Waals surface area contributed by atoms with Gasteiger partial charge in [0.1, 0.15) is 41.9 Å². The van der Waals surface area contributed by atoms with Crippen molar-refractivity contribution in [2.75, 3.05) is 45.4 Å². The van der Waals surface area contributed by atoms with Crippen LogP contribution < -0.4 is 37.8 Å². The molecule has 40 heteroatoms. The van der Waals surface area contributed by atoms with Crippen molar-refractivity contribution in [2.45, 2.75) is 136 Å². The first kappa shape index (κ1) is 76.5. The molecule has 2 aliphatic heterocycles. The molecule has 15 N–H and O–H groups in total. The molecule has 0 spiro atoms. The van der Waals surface area contributed by atoms with E-state index in [1.807, 2.05) is 20.8 Å². The molecular formula is C57H74N11O26P3. The van der Waals surface area contributed by atoms with Crippen molar-refractivity contribution < 1.29 is 105 Å². The number of hydrogen-bond acceptors (Lipinski definition) is 27. The fraction of sp³-hybridized carbons (Fsp3) is 0.491. The quantitative estimate of drug-likeness (QED) is 0.0169. The second-order valence-electron chi connectivity index (χ2n) is 24.2. The second-order valence-corrected chi connectivity index (χ2v) is 28.6. The number of benzene rings is 2. The lowest BCUT2D eigenvalue weighted by molar-refractivity contribution is -0.386. The SMILES string of the molecule is COc1cc([C@@H](OCc2cn([C@H]3C[C@@H](O)[C@@H](CO)O3)c3nc(N)[nH]c(=O)c23)C(C)(C)C)c([N+](=O)[O-])cc1C#CCCC(C)=O.COc1cc([C@@H](OCc2cn([C@H]3C[C@@H](O)[C@@H](COP(=O)(O)OP(=O)(O)OP(=O)(O)O)O3)c3nc(N)[nH]c(=O)c23)C(C)(C)C)c([N+](=O)[O-])cc1C#CCN. The molecule has 8 rings (SSSR count). The number of H-pyrrole nitrogens is 2. The van der Waals surface area contributed by atoms with Crippen molar-refractivity contribution in [3.8, 4) is 35.2 Å². The van der Waals surface area contributed by atoms with E-state index in [9.17, 15) is 73.4 Å². The van der Waals surface area contributed by atoms with Crippen molar-refractivity contribution in [2.24, 2.45) is 16.6 Å². The molecule has 2 aliphatic rings. The van der Waals surface area contributed by atoms with Crippen LogP contribution >= 0.6 is 23.5 Å². The van der Waals surface area contributed by atoms with Crippen molar-refractivity contribution in [1.82, 2.24) is 29.1 Å². The number of carbonyl (C=O) groups excluding carboxylic acids is 1. The number of anilines is 2. The van der Waals surface area contributed by atoms with Gasteiger partial charge in [0.05, 0.1) is 114 Å². The van der Waals surface area contributed by atoms with E-state index in [-0.39, 0.29) is 125 Å². The summed E-state index contributed by atoms with van der Waals surface area (Å²) in [5.41, 5.74) is 15.7. The monoisotopic (exact) mass is 1420 g/mol. The number of nitro groups is 2. The molecule has 37 nitrogen and oxygen atoms in total. The van der Waals surface area contributed by atoms with E-state index < -0.39 is 111 Å². The van der Waals surface area contributed by atoms with Gasteiger partial charge in [-0.3, -0.25) is 49.1 Å². The standard InChI is InChI=1S/C30H37N5O9.C27H37N6O17P3/c1-16(37)8-6-7-9-17-10-20(35(40)41)19(11-22(17)42-5)26(30(2,3)4)43-15-18-13-34(24-12-21(38)23(14-36)44-24)27-25(18)28(39)33-29(31)32-27;1-27(2,3)23(16-9-19(45-4)14(6-5-7-28)8-17(16)33(36)37)46-12-15-11-32(24-22(15)25(35)31-26(29)30-24)21-10-18(34)20(48-21)13-47-52(41,42)50-53(43,44)49-51(38,39)40/h10-11,13,21,23-24,26,36,38H,6,8,12,14-15H2,1-5H3,(H3,31,32,33,39);8-9,11,18,20-21,23,34H,7,10,12-13,28H2,1-4H3,(H,41,42)(H,43,44)(H2,38,39,40)(H3,29,30,31,35)/t21-,23-,24-,26-;18-,20-,21-,23-/m11/s1. The number of ketones is 1. The van der Waals surface area contributed by atoms with E-state index in [4.69, 9.17) is 55.4 Å². The Hall–Kier alpha value is -7.84. The van der Waals surface area contributed by atoms with Gasteiger partial charge < -0.3 is 89.6 Å². The Kier molecular flexibility index (Phi) is 24.4. The highest BCUT2D eigenvalue weighted by atomic mass is 31.3. The number of aromatic nitrogens is 6. The number of aromatic amines is 2. The first-order chi connectivity index (χ1) is 45.2. The minimum atomic E-state index is -5.79. The van der Waals surface area contributed by atoms with Gasteiger partial charge in [0.15, 0.2) is 11.3 Å². The maximum Gasteiger partial charge on any atom is 0.490 e. The first-order valence-electron chi connectivity index (χ1n) is 29.2. The molecule has 0 amide bonds. The Morgan fingerprint density at radius 1 is 0.732 bits per heavy atom. The topological polar surface area (TPSA) is 559 Å². The summed E-state index contributed by atoms with van der Waals surface area (Å²) in [4.78, 5) is 111. The molecule has 0 saturated carbocycles. The molecule has 0 radical (unpaired) electrons. The van der Waals surface area contributed by atoms with E-state index in [1.165, 1.54) is 56.2 Å². The third-order valence-corrected chi connectivity index (χ3v) is 18.6. The lowest BCUT2D eigenvalue weighted by atomic mass is 9.83. The van der Waals surface area contributed by atoms with Crippen molar-refractivity contribution in [1.29, 1.82) is 0 Å². The Labute approximate surface area is 551 Å². The molecule has 6 aromatic rings. The zero-order valence-electron chi connectivity index (χ0n) is 53.6. The van der Waals surface area contributed by atoms with Gasteiger partial charge in [-0.05, 0) is 29.9 Å². The van der Waals surface area contributed by atoms with Gasteiger partial charge in [-0.1, -0.05) is 65.2 Å². The van der Waals surface area contributed by atoms with Gasteiger partial charge >= 0.3 is 23.5 Å². The molecule has 0 bridgehead atoms. The zero-order chi connectivity index (χ0) is 72.0. The van der Waals surface area contributed by atoms with E-state index >= 15 is 0 Å². The molecule has 2 unspecified atom stereocenters. The van der Waals surface area contributed by atoms with Crippen LogP contribution in [0.5, 0.6) is 11.5 Å². The number of Topliss-reactive ketones (excluding diaryl/α,β-unsaturated/α-hetero) is 1. The molecule has 0 aliphatic carbocycles. The predicted molar refractivity (Wildman–Crippen MR) is 341 cm³/mol. The Morgan fingerprint density at radius 3 is 1.55 bits per heavy atom. The van der Waals surface area contributed by atoms with Crippen molar-refractivity contribution in [3.63, 3.8) is 0 Å². The number of nitrogens with one attached hydrogen (secondary N) is 2. The number of phosphoric ester groups is 1. The van der Waals surface area contributed by atoms with Gasteiger partial charge in [-0.2, -0.15) is 18.6 Å². The number of ether oxygens (including phenoxy) is 6. The van der Waals surface area contributed by atoms with Crippen LogP contribution in [0.3, 0.4) is 0 Å². The van der Waals surface area contributed by atoms with Crippen LogP contribution in [-0.4, -0.2) is 138 Å². The number of nitrogens with zero attached hydrogens (tertiary/aromatic N) is 6. The lowest BCUT2D eigenvalue weighted by Crippen LogP contribution is -2.26. The van der Waals surface area contributed by atoms with Crippen LogP contribution in [-0.2, 0) is 63.8 Å². The van der Waals surface area contributed by atoms with Gasteiger partial charge in [0.25, 0.3) is 22.5 Å². The van der Waals surface area contributed by atoms with E-state index in [0.29, 0.717) is 23.3 Å². The smallest absolute Gasteiger partial charge is 0.490 e. The number of nitrogen functional groups attached to an aromatic ring is 2. The number of hydrogen-bond donors (Lipinski definition) is 12. The number of aliphatic hydroxyl groups is 3. The van der Waals surface area contributed by atoms with Crippen molar-refractivity contribution >= 4 is 74.6 Å². The van der Waals surface area contributed by atoms with Crippen LogP contribution in [0.15, 0.2) is 46.2 Å². The van der Waals surface area contributed by atoms with Crippen LogP contribution in [0.2, 0.25) is 0 Å². The van der Waals surface area contributed by atoms with Gasteiger partial charge in [0, 0.05) is 61.3 Å². The molecule has 4 aromatic heterocycles. The van der Waals surface area contributed by atoms with Gasteiger partial charge in [-0.25, -0.2) is 13.7 Å². The highest BCUT2D eigenvalue weighted by Crippen LogP contribution is 2.66. The van der Waals surface area contributed by atoms with Crippen LogP contribution in [0.25, 0.3) is 22.1 Å². The summed E-state index contributed by atoms with van der Waals surface area (Å²) in [6.07, 6.45) is -4.72. The Balaban J connectivity index is 0.000000278. The summed E-state index contributed by atoms with van der Waals surface area (Å²) in [6.45, 7) is 10.6. The number of fused-ring (bicyclic) bond motifs is 2. The molecule has 10 atom stereocenters. The molecule has 2 fully saturated rings. The van der Waals surface area contributed by atoms with Crippen LogP contribution in [0.1, 0.15) is 132 Å². The third-order valence-electron chi connectivity index (χ3n) is 14.8. The summed E-state index contributed by atoms with van der Waals surface area (Å²) >= 11 is 0. The molecular weight excluding hydrogens is 1350 g/mol. The molecule has 2 saturated heterocycles. The zero-order valence-corrected chi connectivity index (χ0v) is 56.3. The molecule has 6 heterocycles. The third kappa shape index (κ3) is 19.1. The summed E-state index contributed by atoms with van der Waals surface area (Å²) in [6, 6.07) is 5.57. The number of nitro benzene ring substituents is 2. The fourth-order valence-corrected chi connectivity index (χ4v) is 13.7. The van der Waals surface area contributed by atoms with E-state index in [0.717, 1.165) is 0 Å². The number of aliphatic hydroxyl groups excluding tert-OH is 3. The van der Waals surface area contributed by atoms with E-state index in [1.54, 1.807) is 31.5 Å². The number of methoxy groups -OCH3 is 2. The van der Waals surface area contributed by atoms with Crippen molar-refractivity contribution in [3.05, 3.63) is 111 Å². The number of carbonyl (C=O) groups is 1. The minimum Gasteiger partial charge on any atom is -0.495 e. The number of rotatable bonds is 24. The maximum absolute atomic E-state index is 13.2. The summed E-state index contributed by atoms with van der Waals surface area (Å²) in [5.74, 6) is 11.3. The van der Waals surface area contributed by atoms with Gasteiger partial charge in [0.2, 0.25) is 11.9 Å². The average molecular weight is 1420 g/mol. The first-order valence-corrected chi connectivity index (χ1v) is 33.7. The van der Waals surface area contributed by atoms with Crippen LogP contribution in [0.4, 0.5) is 23.3 Å². The minimum absolute atomic E-state index is 0.00715. The predicted octanol–water partition coefficient (Wildman–Crippen LogP) is 4.72. The normalized spacial score (nSPS) is 19.9. The largest absolute Gasteiger partial charge is 0.495 e. The highest BCUT2D eigenvalue weighted by Gasteiger charge is 2.44. The Bertz CT molecular complexity index is 4360. The summed E-state index contributed by atoms with van der Waals surface area (Å²) in [7, 11) is -14.1. The molecule has 97 heavy (non-hydrogen) atoms. The molecule has 2 aromatic carbocycles. The maximum atomic E-state index is 13.2. The second kappa shape index (κ2) is 30.9. The fourth-order valence-electron chi connectivity index (χ4n) is 10.7. The van der Waals surface area contributed by atoms with E-state index in [2.05, 4.69) is 56.8 Å². The summed E-state index contributed by atoms with van der Waals surface area (Å²) < 4.78 is 84.9. The Morgan fingerprint density at radius 2 is 1.16 bits per heavy atom. The number of nitrogens with two attached hydrogens (primary N) is 3. The lowest BCUT2D eigenvalue weighted by Gasteiger charge is -2.31. The average Bonchev–Trinajstić information content (AvgIpc) is 1.76. The summed E-state index contributed by atoms with van der Waals surface area (Å²) in [5, 5.41) is 55.2. The highest BCUT2D eigenvalue weighted by molar-refractivity contribution is 7.66. The van der Waals surface area contributed by atoms with Crippen LogP contribution in [0, 0.1) is 54.7 Å². The number of phosphoric acid groups is 3. The van der Waals surface area contributed by atoms with Gasteiger partial charge in [-0.15, -0.1) is 0 Å². The molecule has 528 valence electrons.